The molecule has 0 unspecified atom stereocenters. The molecular weight excluding hydrogens is 324 g/mol. The van der Waals surface area contributed by atoms with Crippen molar-refractivity contribution in [2.75, 3.05) is 5.32 Å². The molecule has 1 aliphatic carbocycles. The highest BCUT2D eigenvalue weighted by Gasteiger charge is 2.17. The number of carbonyl (C=O) groups excluding carboxylic acids is 1. The first-order valence-electron chi connectivity index (χ1n) is 9.23. The summed E-state index contributed by atoms with van der Waals surface area (Å²) in [5.41, 5.74) is 3.72. The number of carbonyl (C=O) groups is 1. The molecule has 4 heteroatoms. The van der Waals surface area contributed by atoms with Crippen molar-refractivity contribution in [2.24, 2.45) is 0 Å². The van der Waals surface area contributed by atoms with Crippen LogP contribution in [0.1, 0.15) is 54.1 Å². The summed E-state index contributed by atoms with van der Waals surface area (Å²) in [7, 11) is 0. The lowest BCUT2D eigenvalue weighted by Crippen LogP contribution is -2.11. The van der Waals surface area contributed by atoms with Crippen LogP contribution in [0.4, 0.5) is 5.69 Å². The SMILES string of the molecule is O=C(Nc1ccc(C2CCCCC2)cc1)c1cc(-c2ccccc2)no1. The average Bonchev–Trinajstić information content (AvgIpc) is 3.20. The van der Waals surface area contributed by atoms with Crippen LogP contribution in [-0.2, 0) is 0 Å². The lowest BCUT2D eigenvalue weighted by molar-refractivity contribution is 0.0988. The predicted octanol–water partition coefficient (Wildman–Crippen LogP) is 5.64. The molecule has 1 heterocycles. The number of hydrogen-bond acceptors (Lipinski definition) is 3. The van der Waals surface area contributed by atoms with Crippen molar-refractivity contribution in [1.29, 1.82) is 0 Å². The number of hydrogen-bond donors (Lipinski definition) is 1. The maximum absolute atomic E-state index is 12.4. The van der Waals surface area contributed by atoms with Gasteiger partial charge in [-0.25, -0.2) is 0 Å². The zero-order chi connectivity index (χ0) is 17.8. The van der Waals surface area contributed by atoms with Crippen molar-refractivity contribution < 1.29 is 9.32 Å². The van der Waals surface area contributed by atoms with Crippen molar-refractivity contribution in [2.45, 2.75) is 38.0 Å². The van der Waals surface area contributed by atoms with Crippen LogP contribution in [0.3, 0.4) is 0 Å². The fourth-order valence-electron chi connectivity index (χ4n) is 3.59. The number of nitrogens with one attached hydrogen (secondary N) is 1. The highest BCUT2D eigenvalue weighted by Crippen LogP contribution is 2.33. The minimum atomic E-state index is -0.287. The molecule has 1 aliphatic rings. The van der Waals surface area contributed by atoms with Crippen LogP contribution in [0.5, 0.6) is 0 Å². The van der Waals surface area contributed by atoms with Crippen LogP contribution in [0.15, 0.2) is 65.2 Å². The van der Waals surface area contributed by atoms with Gasteiger partial charge in [0.2, 0.25) is 5.76 Å². The molecule has 1 N–H and O–H groups in total. The Morgan fingerprint density at radius 2 is 1.69 bits per heavy atom. The molecule has 0 bridgehead atoms. The Hall–Kier alpha value is -2.88. The van der Waals surface area contributed by atoms with Crippen LogP contribution in [0.25, 0.3) is 11.3 Å². The third-order valence-electron chi connectivity index (χ3n) is 5.05. The minimum Gasteiger partial charge on any atom is -0.350 e. The highest BCUT2D eigenvalue weighted by atomic mass is 16.5. The molecule has 0 aliphatic heterocycles. The van der Waals surface area contributed by atoms with Crippen molar-refractivity contribution in [1.82, 2.24) is 5.16 Å². The molecule has 26 heavy (non-hydrogen) atoms. The molecule has 1 amide bonds. The summed E-state index contributed by atoms with van der Waals surface area (Å²) in [5, 5.41) is 6.87. The first-order chi connectivity index (χ1) is 12.8. The van der Waals surface area contributed by atoms with Gasteiger partial charge in [0.1, 0.15) is 5.69 Å². The van der Waals surface area contributed by atoms with Gasteiger partial charge in [-0.1, -0.05) is 66.9 Å². The van der Waals surface area contributed by atoms with E-state index < -0.39 is 0 Å². The molecule has 1 fully saturated rings. The number of benzene rings is 2. The van der Waals surface area contributed by atoms with E-state index in [0.29, 0.717) is 11.6 Å². The summed E-state index contributed by atoms with van der Waals surface area (Å²) in [5.74, 6) is 0.585. The van der Waals surface area contributed by atoms with Gasteiger partial charge in [-0.05, 0) is 36.5 Å². The quantitative estimate of drug-likeness (QED) is 0.665. The van der Waals surface area contributed by atoms with Gasteiger partial charge in [0, 0.05) is 17.3 Å². The smallest absolute Gasteiger partial charge is 0.294 e. The normalized spacial score (nSPS) is 14.9. The second-order valence-corrected chi connectivity index (χ2v) is 6.85. The fourth-order valence-corrected chi connectivity index (χ4v) is 3.59. The number of rotatable bonds is 4. The van der Waals surface area contributed by atoms with E-state index in [1.54, 1.807) is 6.07 Å². The molecule has 0 radical (unpaired) electrons. The zero-order valence-electron chi connectivity index (χ0n) is 14.7. The Balaban J connectivity index is 1.42. The van der Waals surface area contributed by atoms with E-state index in [1.165, 1.54) is 37.7 Å². The number of anilines is 1. The Bertz CT molecular complexity index is 863. The summed E-state index contributed by atoms with van der Waals surface area (Å²) >= 11 is 0. The second-order valence-electron chi connectivity index (χ2n) is 6.85. The van der Waals surface area contributed by atoms with Crippen molar-refractivity contribution in [3.8, 4) is 11.3 Å². The summed E-state index contributed by atoms with van der Waals surface area (Å²) in [6.45, 7) is 0. The van der Waals surface area contributed by atoms with Crippen LogP contribution in [0.2, 0.25) is 0 Å². The van der Waals surface area contributed by atoms with Crippen molar-refractivity contribution >= 4 is 11.6 Å². The maximum Gasteiger partial charge on any atom is 0.294 e. The third kappa shape index (κ3) is 3.69. The van der Waals surface area contributed by atoms with Gasteiger partial charge in [0.05, 0.1) is 0 Å². The lowest BCUT2D eigenvalue weighted by atomic mass is 9.84. The van der Waals surface area contributed by atoms with E-state index >= 15 is 0 Å². The van der Waals surface area contributed by atoms with Gasteiger partial charge in [0.25, 0.3) is 5.91 Å². The van der Waals surface area contributed by atoms with Gasteiger partial charge in [-0.3, -0.25) is 4.79 Å². The van der Waals surface area contributed by atoms with E-state index in [2.05, 4.69) is 22.6 Å². The zero-order valence-corrected chi connectivity index (χ0v) is 14.7. The molecule has 0 atom stereocenters. The monoisotopic (exact) mass is 346 g/mol. The Labute approximate surface area is 153 Å². The first kappa shape index (κ1) is 16.6. The molecule has 4 rings (SSSR count). The molecule has 2 aromatic carbocycles. The Morgan fingerprint density at radius 3 is 2.42 bits per heavy atom. The molecule has 0 saturated heterocycles. The molecule has 1 saturated carbocycles. The largest absolute Gasteiger partial charge is 0.350 e. The maximum atomic E-state index is 12.4. The van der Waals surface area contributed by atoms with Crippen molar-refractivity contribution in [3.63, 3.8) is 0 Å². The molecule has 4 nitrogen and oxygen atoms in total. The molecule has 3 aromatic rings. The molecule has 1 aromatic heterocycles. The van der Waals surface area contributed by atoms with Crippen molar-refractivity contribution in [3.05, 3.63) is 72.0 Å². The molecule has 132 valence electrons. The molecule has 0 spiro atoms. The lowest BCUT2D eigenvalue weighted by Gasteiger charge is -2.22. The van der Waals surface area contributed by atoms with Gasteiger partial charge in [-0.2, -0.15) is 0 Å². The predicted molar refractivity (Wildman–Crippen MR) is 102 cm³/mol. The molecular formula is C22H22N2O2. The first-order valence-corrected chi connectivity index (χ1v) is 9.23. The van der Waals surface area contributed by atoms with E-state index in [9.17, 15) is 4.79 Å². The minimum absolute atomic E-state index is 0.209. The summed E-state index contributed by atoms with van der Waals surface area (Å²) < 4.78 is 5.21. The van der Waals surface area contributed by atoms with Crippen LogP contribution < -0.4 is 5.32 Å². The Morgan fingerprint density at radius 1 is 0.962 bits per heavy atom. The standard InChI is InChI=1S/C22H22N2O2/c25-22(21-15-20(24-26-21)18-9-5-2-6-10-18)23-19-13-11-17(12-14-19)16-7-3-1-4-8-16/h2,5-6,9-16H,1,3-4,7-8H2,(H,23,25). The van der Waals surface area contributed by atoms with Gasteiger partial charge in [0.15, 0.2) is 0 Å². The highest BCUT2D eigenvalue weighted by molar-refractivity contribution is 6.02. The average molecular weight is 346 g/mol. The van der Waals surface area contributed by atoms with Crippen LogP contribution in [0, 0.1) is 0 Å². The number of nitrogens with zero attached hydrogens (tertiary/aromatic N) is 1. The fraction of sp³-hybridized carbons (Fsp3) is 0.273. The summed E-state index contributed by atoms with van der Waals surface area (Å²) in [6, 6.07) is 19.5. The van der Waals surface area contributed by atoms with E-state index in [4.69, 9.17) is 4.52 Å². The number of aromatic nitrogens is 1. The van der Waals surface area contributed by atoms with E-state index in [0.717, 1.165) is 11.3 Å². The van der Waals surface area contributed by atoms with Gasteiger partial charge >= 0.3 is 0 Å². The van der Waals surface area contributed by atoms with Crippen LogP contribution in [-0.4, -0.2) is 11.1 Å². The van der Waals surface area contributed by atoms with Gasteiger partial charge in [-0.15, -0.1) is 0 Å². The second kappa shape index (κ2) is 7.56. The number of amides is 1. The van der Waals surface area contributed by atoms with E-state index in [-0.39, 0.29) is 11.7 Å². The summed E-state index contributed by atoms with van der Waals surface area (Å²) in [6.07, 6.45) is 6.53. The Kier molecular flexibility index (Phi) is 4.82. The van der Waals surface area contributed by atoms with E-state index in [1.807, 2.05) is 42.5 Å². The van der Waals surface area contributed by atoms with Crippen LogP contribution >= 0.6 is 0 Å². The summed E-state index contributed by atoms with van der Waals surface area (Å²) in [4.78, 5) is 12.4. The third-order valence-corrected chi connectivity index (χ3v) is 5.05. The van der Waals surface area contributed by atoms with Gasteiger partial charge < -0.3 is 9.84 Å². The topological polar surface area (TPSA) is 55.1 Å².